The van der Waals surface area contributed by atoms with Crippen LogP contribution in [0.2, 0.25) is 0 Å². The summed E-state index contributed by atoms with van der Waals surface area (Å²) in [7, 11) is 0. The van der Waals surface area contributed by atoms with Gasteiger partial charge in [-0.05, 0) is 107 Å². The van der Waals surface area contributed by atoms with Crippen molar-refractivity contribution in [1.82, 2.24) is 59.3 Å². The summed E-state index contributed by atoms with van der Waals surface area (Å²) in [5.41, 5.74) is 4.93. The van der Waals surface area contributed by atoms with Crippen LogP contribution in [0.3, 0.4) is 0 Å². The number of anilines is 2. The van der Waals surface area contributed by atoms with Gasteiger partial charge in [-0.15, -0.1) is 12.4 Å². The van der Waals surface area contributed by atoms with E-state index in [1.807, 2.05) is 74.5 Å². The fourth-order valence-corrected chi connectivity index (χ4v) is 11.5. The molecule has 504 valence electrons. The van der Waals surface area contributed by atoms with Crippen LogP contribution in [0.4, 0.5) is 53.6 Å². The van der Waals surface area contributed by atoms with Crippen molar-refractivity contribution in [2.45, 2.75) is 140 Å². The highest BCUT2D eigenvalue weighted by molar-refractivity contribution is 5.99. The zero-order valence-corrected chi connectivity index (χ0v) is 52.3. The first-order valence-electron chi connectivity index (χ1n) is 30.3. The summed E-state index contributed by atoms with van der Waals surface area (Å²) in [6.45, 7) is 12.9. The molecule has 0 aliphatic carbocycles. The van der Waals surface area contributed by atoms with Gasteiger partial charge in [0, 0.05) is 68.3 Å². The van der Waals surface area contributed by atoms with Crippen molar-refractivity contribution < 1.29 is 65.3 Å². The number of alkyl halides is 6. The van der Waals surface area contributed by atoms with E-state index < -0.39 is 59.5 Å². The molecule has 26 nitrogen and oxygen atoms in total. The Balaban J connectivity index is 0.000000216. The Bertz CT molecular complexity index is 4000. The first kappa shape index (κ1) is 69.8. The maximum Gasteiger partial charge on any atom is 0.420 e. The van der Waals surface area contributed by atoms with Crippen molar-refractivity contribution in [3.63, 3.8) is 0 Å². The molecule has 95 heavy (non-hydrogen) atoms. The average Bonchev–Trinajstić information content (AvgIpc) is 1.63. The number of halogens is 7. The van der Waals surface area contributed by atoms with Gasteiger partial charge in [0.1, 0.15) is 52.8 Å². The van der Waals surface area contributed by atoms with E-state index in [9.17, 15) is 41.1 Å². The van der Waals surface area contributed by atoms with Crippen LogP contribution >= 0.6 is 12.4 Å². The molecule has 0 spiro atoms. The molecule has 8 aromatic rings. The predicted octanol–water partition coefficient (Wildman–Crippen LogP) is 11.8. The van der Waals surface area contributed by atoms with E-state index in [1.54, 1.807) is 9.80 Å². The third kappa shape index (κ3) is 16.5. The summed E-state index contributed by atoms with van der Waals surface area (Å²) in [6.07, 6.45) is -3.06. The first-order valence-corrected chi connectivity index (χ1v) is 30.3. The normalized spacial score (nSPS) is 20.0. The fraction of sp³-hybridized carbons (Fsp3) is 0.419. The molecule has 2 amide bonds. The van der Waals surface area contributed by atoms with Crippen molar-refractivity contribution in [2.75, 3.05) is 36.9 Å². The van der Waals surface area contributed by atoms with Gasteiger partial charge in [0.2, 0.25) is 11.9 Å². The van der Waals surface area contributed by atoms with Gasteiger partial charge in [0.05, 0.1) is 5.39 Å². The van der Waals surface area contributed by atoms with Crippen LogP contribution in [0.25, 0.3) is 49.7 Å². The largest absolute Gasteiger partial charge is 0.445 e. The molecule has 4 aliphatic heterocycles. The molecular formula is C62H69ClF6N18O8. The van der Waals surface area contributed by atoms with Gasteiger partial charge in [0.25, 0.3) is 11.5 Å². The predicted molar refractivity (Wildman–Crippen MR) is 336 cm³/mol. The Kier molecular flexibility index (Phi) is 22.9. The number of carbonyl (C=O) groups excluding carboxylic acids is 2. The van der Waals surface area contributed by atoms with Gasteiger partial charge in [0.15, 0.2) is 23.9 Å². The van der Waals surface area contributed by atoms with Crippen LogP contribution in [0.1, 0.15) is 118 Å². The van der Waals surface area contributed by atoms with Gasteiger partial charge in [-0.25, -0.2) is 45.1 Å². The minimum atomic E-state index is -4.80. The van der Waals surface area contributed by atoms with E-state index in [0.29, 0.717) is 57.1 Å². The molecule has 6 atom stereocenters. The summed E-state index contributed by atoms with van der Waals surface area (Å²) in [5.74, 6) is 3.24. The number of hydrogen-bond acceptors (Lipinski definition) is 20. The molecule has 4 fully saturated rings. The van der Waals surface area contributed by atoms with Crippen molar-refractivity contribution in [3.05, 3.63) is 137 Å². The SMILES string of the molecule is C[C@H]1CC[C@H](Nc2ncc(C(F)(F)F)c(-c3nn(C4CCCCO4)c4nc(/C(N)=N/O)ccc34)n2)CN1C(=O)OCc1ccccc1.Cl.NO.[C-]#[N+]c1ccc2c(-c3nc(N[C@H]4CC[C@H](C)N(C(=O)OCc5ccccc5)C4)ncc3C(F)(F)F)nn(C3CCCCO3)c2n1. The third-order valence-electron chi connectivity index (χ3n) is 16.4. The van der Waals surface area contributed by atoms with Gasteiger partial charge in [-0.1, -0.05) is 83.4 Å². The molecule has 12 rings (SSSR count). The molecule has 0 saturated carbocycles. The number of pyridine rings is 2. The maximum atomic E-state index is 14.4. The lowest BCUT2D eigenvalue weighted by Crippen LogP contribution is -2.50. The molecular weight excluding hydrogens is 1270 g/mol. The van der Waals surface area contributed by atoms with E-state index in [1.165, 1.54) is 33.6 Å². The highest BCUT2D eigenvalue weighted by Crippen LogP contribution is 2.42. The number of likely N-dealkylation sites (tertiary alicyclic amines) is 2. The van der Waals surface area contributed by atoms with Gasteiger partial charge >= 0.3 is 24.5 Å². The van der Waals surface area contributed by atoms with Crippen LogP contribution in [0.15, 0.2) is 102 Å². The Hall–Kier alpha value is -9.55. The summed E-state index contributed by atoms with van der Waals surface area (Å²) in [5, 5.41) is 34.6. The molecule has 2 aromatic carbocycles. The zero-order chi connectivity index (χ0) is 66.7. The lowest BCUT2D eigenvalue weighted by Gasteiger charge is -2.37. The van der Waals surface area contributed by atoms with Gasteiger partial charge < -0.3 is 60.4 Å². The maximum absolute atomic E-state index is 14.4. The standard InChI is InChI=1S/C31H34F3N9O4.C31H31F3N8O3.ClH.H3NO/c1-18-10-11-20(16-42(18)30(44)47-17-19-7-3-2-4-8-19)37-29-36-15-22(31(32,33)34)26(39-29)25-21-12-13-23(27(35)41-45)38-28(21)43(40-25)24-9-5-6-14-46-24;1-19-11-12-21(17-41(19)30(43)45-18-20-8-4-3-5-9-20)37-29-36-16-23(31(32,33)34)27(39-29)26-22-13-14-24(35-2)38-28(22)42(40-26)25-10-6-7-15-44-25;;1-2/h2-4,7-8,12-13,15,18,20,24,45H,5-6,9-11,14,16-17H2,1H3,(H2,35,41)(H,36,37,39);3-5,8-9,13-14,16,19,21,25H,6-7,10-12,15,17-18H2,1H3,(H,36,37,39);1H;2H,1H2/t18-,20-,24?;19-,21-,25?;;/m00../s1. The molecule has 33 heteroatoms. The summed E-state index contributed by atoms with van der Waals surface area (Å²) < 4.78 is 112. The van der Waals surface area contributed by atoms with E-state index >= 15 is 0 Å². The smallest absolute Gasteiger partial charge is 0.420 e. The number of piperidine rings is 2. The summed E-state index contributed by atoms with van der Waals surface area (Å²) >= 11 is 0. The Morgan fingerprint density at radius 2 is 1.07 bits per heavy atom. The zero-order valence-electron chi connectivity index (χ0n) is 51.5. The van der Waals surface area contributed by atoms with Crippen molar-refractivity contribution in [1.29, 1.82) is 0 Å². The first-order chi connectivity index (χ1) is 45.3. The molecule has 6 aromatic heterocycles. The van der Waals surface area contributed by atoms with Crippen LogP contribution in [0.5, 0.6) is 0 Å². The highest BCUT2D eigenvalue weighted by Gasteiger charge is 2.41. The van der Waals surface area contributed by atoms with E-state index in [0.717, 1.165) is 49.2 Å². The van der Waals surface area contributed by atoms with Crippen LogP contribution < -0.4 is 22.3 Å². The van der Waals surface area contributed by atoms with Crippen molar-refractivity contribution in [3.8, 4) is 22.8 Å². The lowest BCUT2D eigenvalue weighted by molar-refractivity contribution is -0.138. The quantitative estimate of drug-likeness (QED) is 0.0156. The Labute approximate surface area is 546 Å². The third-order valence-corrected chi connectivity index (χ3v) is 16.4. The second-order valence-electron chi connectivity index (χ2n) is 22.8. The second-order valence-corrected chi connectivity index (χ2v) is 22.8. The molecule has 10 heterocycles. The Morgan fingerprint density at radius 3 is 1.48 bits per heavy atom. The molecule has 4 saturated heterocycles. The molecule has 0 bridgehead atoms. The van der Waals surface area contributed by atoms with Gasteiger partial charge in [-0.2, -0.15) is 41.2 Å². The molecule has 2 unspecified atom stereocenters. The number of carbonyl (C=O) groups is 2. The number of benzene rings is 2. The summed E-state index contributed by atoms with van der Waals surface area (Å²) in [6, 6.07) is 23.7. The van der Waals surface area contributed by atoms with E-state index in [4.69, 9.17) is 36.5 Å². The van der Waals surface area contributed by atoms with Crippen LogP contribution in [-0.2, 0) is 44.5 Å². The number of fused-ring (bicyclic) bond motifs is 2. The number of nitrogens with one attached hydrogen (secondary N) is 2. The number of oxime groups is 1. The number of nitrogens with zero attached hydrogens (tertiary/aromatic N) is 14. The number of amidine groups is 1. The minimum Gasteiger partial charge on any atom is -0.445 e. The minimum absolute atomic E-state index is 0. The number of nitrogens with two attached hydrogens (primary N) is 2. The molecule has 0 radical (unpaired) electrons. The lowest BCUT2D eigenvalue weighted by atomic mass is 10.00. The van der Waals surface area contributed by atoms with E-state index in [-0.39, 0.29) is 120 Å². The summed E-state index contributed by atoms with van der Waals surface area (Å²) in [4.78, 5) is 58.0. The van der Waals surface area contributed by atoms with E-state index in [2.05, 4.69) is 66.6 Å². The monoisotopic (exact) mass is 1340 g/mol. The number of hydrogen-bond donors (Lipinski definition) is 6. The number of amides is 2. The number of rotatable bonds is 13. The average molecular weight is 1340 g/mol. The van der Waals surface area contributed by atoms with Crippen molar-refractivity contribution in [2.24, 2.45) is 16.8 Å². The van der Waals surface area contributed by atoms with Crippen LogP contribution in [-0.4, -0.2) is 138 Å². The van der Waals surface area contributed by atoms with Crippen LogP contribution in [0, 0.1) is 6.57 Å². The molecule has 4 aliphatic rings. The second kappa shape index (κ2) is 31.1. The molecule has 8 N–H and O–H groups in total. The van der Waals surface area contributed by atoms with Crippen molar-refractivity contribution >= 4 is 70.2 Å². The number of aromatic nitrogens is 10. The fourth-order valence-electron chi connectivity index (χ4n) is 11.5. The Morgan fingerprint density at radius 1 is 0.632 bits per heavy atom. The highest BCUT2D eigenvalue weighted by atomic mass is 35.5. The van der Waals surface area contributed by atoms with Gasteiger partial charge in [-0.3, -0.25) is 0 Å². The topological polar surface area (TPSA) is 324 Å². The number of ether oxygens (including phenoxy) is 4.